The zero-order valence-electron chi connectivity index (χ0n) is 9.91. The molecule has 7 heteroatoms. The molecule has 1 amide bonds. The van der Waals surface area contributed by atoms with E-state index in [1.54, 1.807) is 24.3 Å². The van der Waals surface area contributed by atoms with Crippen molar-refractivity contribution in [2.75, 3.05) is 5.32 Å². The number of hydrogen-bond donors (Lipinski definition) is 2. The average molecular weight is 353 g/mol. The fourth-order valence-electron chi connectivity index (χ4n) is 1.67. The van der Waals surface area contributed by atoms with Crippen molar-refractivity contribution in [3.8, 4) is 0 Å². The Morgan fingerprint density at radius 1 is 1.20 bits per heavy atom. The highest BCUT2D eigenvalue weighted by atomic mass is 35.5. The molecule has 0 bridgehead atoms. The molecule has 0 fully saturated rings. The summed E-state index contributed by atoms with van der Waals surface area (Å²) in [6, 6.07) is 6.51. The van der Waals surface area contributed by atoms with Crippen molar-refractivity contribution in [2.24, 2.45) is 0 Å². The molecule has 1 aromatic carbocycles. The summed E-state index contributed by atoms with van der Waals surface area (Å²) in [4.78, 5) is 12.1. The summed E-state index contributed by atoms with van der Waals surface area (Å²) in [5, 5.41) is 13.3. The molecule has 0 spiro atoms. The molecular weight excluding hydrogens is 344 g/mol. The number of amides is 1. The van der Waals surface area contributed by atoms with Crippen LogP contribution in [0.5, 0.6) is 0 Å². The zero-order chi connectivity index (χ0) is 14.9. The summed E-state index contributed by atoms with van der Waals surface area (Å²) in [5.74, 6) is -0.545. The van der Waals surface area contributed by atoms with E-state index in [9.17, 15) is 9.90 Å². The number of aliphatic hydroxyl groups is 1. The lowest BCUT2D eigenvalue weighted by atomic mass is 10.00. The van der Waals surface area contributed by atoms with E-state index < -0.39 is 16.3 Å². The fourth-order valence-corrected chi connectivity index (χ4v) is 2.66. The smallest absolute Gasteiger partial charge is 0.254 e. The van der Waals surface area contributed by atoms with Gasteiger partial charge < -0.3 is 10.4 Å². The highest BCUT2D eigenvalue weighted by molar-refractivity contribution is 6.51. The fraction of sp³-hybridized carbons (Fsp3) is 0.154. The van der Waals surface area contributed by atoms with Crippen LogP contribution < -0.4 is 5.32 Å². The Morgan fingerprint density at radius 2 is 1.80 bits per heavy atom. The number of allylic oxidation sites excluding steroid dienone is 2. The third-order valence-electron chi connectivity index (χ3n) is 2.65. The van der Waals surface area contributed by atoms with E-state index in [1.807, 2.05) is 0 Å². The van der Waals surface area contributed by atoms with Crippen LogP contribution in [0.4, 0.5) is 5.69 Å². The number of carbonyl (C=O) groups excluding carboxylic acids is 1. The van der Waals surface area contributed by atoms with Crippen molar-refractivity contribution in [1.82, 2.24) is 0 Å². The van der Waals surface area contributed by atoms with Gasteiger partial charge in [-0.3, -0.25) is 4.79 Å². The normalized spacial score (nSPS) is 20.9. The van der Waals surface area contributed by atoms with E-state index in [4.69, 9.17) is 46.4 Å². The summed E-state index contributed by atoms with van der Waals surface area (Å²) < 4.78 is -1.64. The highest BCUT2D eigenvalue weighted by Gasteiger charge is 2.39. The number of alkyl halides is 2. The van der Waals surface area contributed by atoms with Gasteiger partial charge in [-0.15, -0.1) is 0 Å². The number of nitrogens with one attached hydrogen (secondary N) is 1. The van der Waals surface area contributed by atoms with Crippen molar-refractivity contribution in [3.05, 3.63) is 52.0 Å². The molecule has 0 saturated heterocycles. The van der Waals surface area contributed by atoms with Gasteiger partial charge >= 0.3 is 0 Å². The first-order valence-corrected chi connectivity index (χ1v) is 7.03. The molecule has 1 atom stereocenters. The van der Waals surface area contributed by atoms with Crippen LogP contribution in [0.3, 0.4) is 0 Å². The summed E-state index contributed by atoms with van der Waals surface area (Å²) >= 11 is 23.4. The maximum absolute atomic E-state index is 12.1. The molecule has 1 aliphatic rings. The number of benzene rings is 1. The molecule has 1 aliphatic carbocycles. The Morgan fingerprint density at radius 3 is 2.40 bits per heavy atom. The summed E-state index contributed by atoms with van der Waals surface area (Å²) in [5.41, 5.74) is 0.505. The van der Waals surface area contributed by atoms with Gasteiger partial charge in [-0.25, -0.2) is 0 Å². The van der Waals surface area contributed by atoms with Crippen molar-refractivity contribution in [2.45, 2.75) is 10.4 Å². The maximum atomic E-state index is 12.1. The van der Waals surface area contributed by atoms with Crippen LogP contribution in [-0.4, -0.2) is 21.5 Å². The first-order valence-electron chi connectivity index (χ1n) is 5.52. The van der Waals surface area contributed by atoms with Crippen LogP contribution in [0, 0.1) is 0 Å². The summed E-state index contributed by atoms with van der Waals surface area (Å²) in [6.45, 7) is 0. The zero-order valence-corrected chi connectivity index (χ0v) is 12.9. The first-order chi connectivity index (χ1) is 9.29. The third-order valence-corrected chi connectivity index (χ3v) is 3.75. The molecule has 1 aromatic rings. The topological polar surface area (TPSA) is 49.3 Å². The maximum Gasteiger partial charge on any atom is 0.254 e. The number of hydrogen-bond acceptors (Lipinski definition) is 2. The van der Waals surface area contributed by atoms with E-state index in [2.05, 4.69) is 5.32 Å². The van der Waals surface area contributed by atoms with Gasteiger partial charge in [-0.2, -0.15) is 0 Å². The minimum Gasteiger partial charge on any atom is -0.385 e. The van der Waals surface area contributed by atoms with E-state index in [0.29, 0.717) is 10.7 Å². The molecular formula is C13H9Cl4NO2. The molecule has 2 rings (SSSR count). The lowest BCUT2D eigenvalue weighted by Gasteiger charge is -2.27. The monoisotopic (exact) mass is 351 g/mol. The molecule has 0 saturated carbocycles. The Balaban J connectivity index is 2.21. The predicted octanol–water partition coefficient (Wildman–Crippen LogP) is 3.88. The predicted molar refractivity (Wildman–Crippen MR) is 82.5 cm³/mol. The number of rotatable bonds is 2. The number of anilines is 1. The average Bonchev–Trinajstić information content (AvgIpc) is 2.36. The first kappa shape index (κ1) is 15.7. The van der Waals surface area contributed by atoms with Gasteiger partial charge in [0, 0.05) is 15.7 Å². The minimum atomic E-state index is -1.64. The Labute approximate surface area is 135 Å². The quantitative estimate of drug-likeness (QED) is 0.793. The van der Waals surface area contributed by atoms with Crippen molar-refractivity contribution in [3.63, 3.8) is 0 Å². The Kier molecular flexibility index (Phi) is 4.67. The number of carbonyl (C=O) groups is 1. The largest absolute Gasteiger partial charge is 0.385 e. The summed E-state index contributed by atoms with van der Waals surface area (Å²) in [7, 11) is 0. The second kappa shape index (κ2) is 5.96. The third kappa shape index (κ3) is 3.48. The van der Waals surface area contributed by atoms with Crippen molar-refractivity contribution >= 4 is 58.0 Å². The van der Waals surface area contributed by atoms with Crippen molar-refractivity contribution < 1.29 is 9.90 Å². The molecule has 0 aromatic heterocycles. The van der Waals surface area contributed by atoms with Gasteiger partial charge in [-0.1, -0.05) is 46.4 Å². The molecule has 2 N–H and O–H groups in total. The lowest BCUT2D eigenvalue weighted by molar-refractivity contribution is -0.113. The lowest BCUT2D eigenvalue weighted by Crippen LogP contribution is -2.38. The van der Waals surface area contributed by atoms with Crippen LogP contribution in [0.2, 0.25) is 5.02 Å². The molecule has 20 heavy (non-hydrogen) atoms. The SMILES string of the molecule is O=C(Nc1ccc(Cl)cc1)C1=CC(Cl)=CC(Cl)(Cl)C1O. The Bertz CT molecular complexity index is 593. The van der Waals surface area contributed by atoms with Gasteiger partial charge in [0.15, 0.2) is 4.33 Å². The number of halogens is 4. The van der Waals surface area contributed by atoms with Gasteiger partial charge in [0.1, 0.15) is 6.10 Å². The van der Waals surface area contributed by atoms with E-state index >= 15 is 0 Å². The van der Waals surface area contributed by atoms with Crippen LogP contribution in [0.15, 0.2) is 47.0 Å². The molecule has 3 nitrogen and oxygen atoms in total. The minimum absolute atomic E-state index is 0.0162. The standard InChI is InChI=1S/C13H9Cl4NO2/c14-7-1-3-9(4-2-7)18-12(20)10-5-8(15)6-13(16,17)11(10)19/h1-6,11,19H,(H,18,20). The van der Waals surface area contributed by atoms with Crippen LogP contribution in [0.25, 0.3) is 0 Å². The van der Waals surface area contributed by atoms with Gasteiger partial charge in [-0.05, 0) is 36.4 Å². The second-order valence-corrected chi connectivity index (χ2v) is 6.48. The molecule has 106 valence electrons. The van der Waals surface area contributed by atoms with Crippen LogP contribution >= 0.6 is 46.4 Å². The molecule has 0 radical (unpaired) electrons. The van der Waals surface area contributed by atoms with Crippen LogP contribution in [-0.2, 0) is 4.79 Å². The van der Waals surface area contributed by atoms with Gasteiger partial charge in [0.05, 0.1) is 5.57 Å². The van der Waals surface area contributed by atoms with Gasteiger partial charge in [0.25, 0.3) is 5.91 Å². The van der Waals surface area contributed by atoms with E-state index in [1.165, 1.54) is 12.2 Å². The Hall–Kier alpha value is -0.710. The molecule has 1 unspecified atom stereocenters. The molecule has 0 aliphatic heterocycles. The van der Waals surface area contributed by atoms with Gasteiger partial charge in [0.2, 0.25) is 0 Å². The summed E-state index contributed by atoms with van der Waals surface area (Å²) in [6.07, 6.45) is 1.21. The highest BCUT2D eigenvalue weighted by Crippen LogP contribution is 2.37. The second-order valence-electron chi connectivity index (χ2n) is 4.17. The van der Waals surface area contributed by atoms with Crippen molar-refractivity contribution in [1.29, 1.82) is 0 Å². The number of aliphatic hydroxyl groups excluding tert-OH is 1. The molecule has 0 heterocycles. The van der Waals surface area contributed by atoms with Crippen LogP contribution in [0.1, 0.15) is 0 Å². The van der Waals surface area contributed by atoms with E-state index in [-0.39, 0.29) is 10.6 Å². The van der Waals surface area contributed by atoms with E-state index in [0.717, 1.165) is 0 Å².